The second kappa shape index (κ2) is 4.57. The molecule has 0 radical (unpaired) electrons. The number of fused-ring (bicyclic) bond motifs is 4. The predicted octanol–water partition coefficient (Wildman–Crippen LogP) is 0.898. The lowest BCUT2D eigenvalue weighted by Gasteiger charge is -2.22. The minimum absolute atomic E-state index is 0.931. The molecule has 0 heterocycles. The summed E-state index contributed by atoms with van der Waals surface area (Å²) in [4.78, 5) is 0. The van der Waals surface area contributed by atoms with Crippen LogP contribution in [0.5, 0.6) is 0 Å². The lowest BCUT2D eigenvalue weighted by atomic mass is 9.81. The third-order valence-electron chi connectivity index (χ3n) is 2.43. The van der Waals surface area contributed by atoms with Crippen molar-refractivity contribution in [2.45, 2.75) is 0 Å². The maximum absolute atomic E-state index is 4.53. The first-order valence-corrected chi connectivity index (χ1v) is 6.60. The molecule has 0 aromatic heterocycles. The van der Waals surface area contributed by atoms with E-state index in [2.05, 4.69) is 52.6 Å². The topological polar surface area (TPSA) is 9.23 Å². The highest BCUT2D eigenvalue weighted by Gasteiger charge is 2.19. The van der Waals surface area contributed by atoms with Gasteiger partial charge in [-0.25, -0.2) is 0 Å². The Labute approximate surface area is 96.2 Å². The molecule has 2 aromatic carbocycles. The largest absolute Gasteiger partial charge is 0.471 e. The summed E-state index contributed by atoms with van der Waals surface area (Å²) in [5, 5.41) is 0. The average molecular weight is 230 g/mol. The van der Waals surface area contributed by atoms with Crippen molar-refractivity contribution >= 4 is 21.0 Å². The first kappa shape index (κ1) is 10.4. The molecule has 0 N–H and O–H groups in total. The van der Waals surface area contributed by atoms with Crippen molar-refractivity contribution in [2.75, 3.05) is 0 Å². The lowest BCUT2D eigenvalue weighted by Crippen LogP contribution is -1.96. The van der Waals surface area contributed by atoms with Gasteiger partial charge in [0.1, 0.15) is 21.0 Å². The van der Waals surface area contributed by atoms with Crippen molar-refractivity contribution < 1.29 is 4.12 Å². The van der Waals surface area contributed by atoms with Crippen LogP contribution in [0.3, 0.4) is 0 Å². The fraction of sp³-hybridized carbons (Fsp3) is 0. The van der Waals surface area contributed by atoms with Gasteiger partial charge in [0.25, 0.3) is 0 Å². The van der Waals surface area contributed by atoms with Crippen LogP contribution in [-0.2, 0) is 4.12 Å². The SMILES string of the molecule is [SiH3]O[SiH3].c1ccc2c(c1)-c1ccccc1-2. The minimum Gasteiger partial charge on any atom is -0.471 e. The molecule has 0 unspecified atom stereocenters. The molecule has 2 aromatic rings. The predicted molar refractivity (Wildman–Crippen MR) is 71.8 cm³/mol. The van der Waals surface area contributed by atoms with Gasteiger partial charge in [-0.15, -0.1) is 0 Å². The molecule has 15 heavy (non-hydrogen) atoms. The van der Waals surface area contributed by atoms with Crippen LogP contribution in [0.2, 0.25) is 0 Å². The molecule has 3 rings (SSSR count). The molecule has 1 aliphatic carbocycles. The van der Waals surface area contributed by atoms with Crippen LogP contribution in [0.1, 0.15) is 0 Å². The Bertz CT molecular complexity index is 369. The molecule has 0 saturated carbocycles. The molecule has 0 amide bonds. The van der Waals surface area contributed by atoms with E-state index < -0.39 is 0 Å². The molecule has 1 aliphatic rings. The summed E-state index contributed by atoms with van der Waals surface area (Å²) < 4.78 is 4.53. The van der Waals surface area contributed by atoms with E-state index in [9.17, 15) is 0 Å². The van der Waals surface area contributed by atoms with Crippen molar-refractivity contribution in [3.8, 4) is 22.3 Å². The molecule has 0 bridgehead atoms. The van der Waals surface area contributed by atoms with Crippen molar-refractivity contribution in [1.82, 2.24) is 0 Å². The summed E-state index contributed by atoms with van der Waals surface area (Å²) in [7, 11) is 1.86. The summed E-state index contributed by atoms with van der Waals surface area (Å²) >= 11 is 0. The molecule has 0 spiro atoms. The Morgan fingerprint density at radius 3 is 1.00 bits per heavy atom. The van der Waals surface area contributed by atoms with E-state index in [1.54, 1.807) is 0 Å². The van der Waals surface area contributed by atoms with Crippen molar-refractivity contribution in [2.24, 2.45) is 0 Å². The molecule has 3 heteroatoms. The van der Waals surface area contributed by atoms with E-state index in [0.717, 1.165) is 21.0 Å². The molecule has 0 atom stereocenters. The molecule has 0 aliphatic heterocycles. The van der Waals surface area contributed by atoms with E-state index >= 15 is 0 Å². The van der Waals surface area contributed by atoms with Gasteiger partial charge in [-0.2, -0.15) is 0 Å². The van der Waals surface area contributed by atoms with Gasteiger partial charge in [0.05, 0.1) is 0 Å². The van der Waals surface area contributed by atoms with Crippen LogP contribution in [-0.4, -0.2) is 21.0 Å². The van der Waals surface area contributed by atoms with Gasteiger partial charge in [-0.3, -0.25) is 0 Å². The highest BCUT2D eigenvalue weighted by atomic mass is 28.3. The molecule has 0 saturated heterocycles. The maximum atomic E-state index is 4.53. The average Bonchev–Trinajstić information content (AvgIpc) is 2.27. The zero-order valence-corrected chi connectivity index (χ0v) is 13.0. The quantitative estimate of drug-likeness (QED) is 0.521. The van der Waals surface area contributed by atoms with E-state index in [1.165, 1.54) is 22.3 Å². The smallest absolute Gasteiger partial charge is 0.129 e. The van der Waals surface area contributed by atoms with E-state index in [0.29, 0.717) is 0 Å². The number of hydrogen-bond donors (Lipinski definition) is 0. The Morgan fingerprint density at radius 2 is 0.800 bits per heavy atom. The standard InChI is InChI=1S/C12H8.H6OSi2/c1-2-6-10-9(5-1)11-7-3-4-8-12(10)11;2-1-3/h1-8H;2-3H3. The first-order chi connectivity index (χ1) is 7.38. The van der Waals surface area contributed by atoms with Gasteiger partial charge < -0.3 is 4.12 Å². The highest BCUT2D eigenvalue weighted by Crippen LogP contribution is 2.46. The summed E-state index contributed by atoms with van der Waals surface area (Å²) in [6.07, 6.45) is 0. The van der Waals surface area contributed by atoms with Gasteiger partial charge >= 0.3 is 0 Å². The van der Waals surface area contributed by atoms with E-state index in [-0.39, 0.29) is 0 Å². The van der Waals surface area contributed by atoms with Crippen molar-refractivity contribution in [3.05, 3.63) is 48.5 Å². The molecular formula is C12H14OSi2. The third-order valence-corrected chi connectivity index (χ3v) is 2.43. The zero-order valence-electron chi connectivity index (χ0n) is 9.03. The van der Waals surface area contributed by atoms with E-state index in [4.69, 9.17) is 0 Å². The molecule has 1 nitrogen and oxygen atoms in total. The Balaban J connectivity index is 0.000000258. The third kappa shape index (κ3) is 1.81. The van der Waals surface area contributed by atoms with E-state index in [1.807, 2.05) is 0 Å². The number of hydrogen-bond acceptors (Lipinski definition) is 1. The Morgan fingerprint density at radius 1 is 0.600 bits per heavy atom. The Kier molecular flexibility index (Phi) is 3.15. The van der Waals surface area contributed by atoms with Crippen LogP contribution in [0.25, 0.3) is 22.3 Å². The molecule has 76 valence electrons. The summed E-state index contributed by atoms with van der Waals surface area (Å²) in [5.74, 6) is 0. The van der Waals surface area contributed by atoms with Crippen LogP contribution in [0.15, 0.2) is 48.5 Å². The molecular weight excluding hydrogens is 216 g/mol. The normalized spacial score (nSPS) is 10.7. The fourth-order valence-electron chi connectivity index (χ4n) is 1.84. The minimum atomic E-state index is 0.931. The monoisotopic (exact) mass is 230 g/mol. The zero-order chi connectivity index (χ0) is 10.7. The summed E-state index contributed by atoms with van der Waals surface area (Å²) in [6, 6.07) is 17.1. The second-order valence-corrected chi connectivity index (χ2v) is 6.77. The Hall–Kier alpha value is -1.17. The number of benzene rings is 2. The fourth-order valence-corrected chi connectivity index (χ4v) is 1.84. The molecule has 0 fully saturated rings. The van der Waals surface area contributed by atoms with Gasteiger partial charge in [-0.1, -0.05) is 48.5 Å². The maximum Gasteiger partial charge on any atom is 0.129 e. The van der Waals surface area contributed by atoms with Gasteiger partial charge in [0.2, 0.25) is 0 Å². The summed E-state index contributed by atoms with van der Waals surface area (Å²) in [5.41, 5.74) is 5.59. The first-order valence-electron chi connectivity index (χ1n) is 4.97. The van der Waals surface area contributed by atoms with Crippen LogP contribution >= 0.6 is 0 Å². The van der Waals surface area contributed by atoms with Gasteiger partial charge in [0, 0.05) is 0 Å². The lowest BCUT2D eigenvalue weighted by molar-refractivity contribution is 0.690. The van der Waals surface area contributed by atoms with Crippen LogP contribution < -0.4 is 0 Å². The van der Waals surface area contributed by atoms with Crippen molar-refractivity contribution in [3.63, 3.8) is 0 Å². The summed E-state index contributed by atoms with van der Waals surface area (Å²) in [6.45, 7) is 0. The van der Waals surface area contributed by atoms with Crippen LogP contribution in [0, 0.1) is 0 Å². The van der Waals surface area contributed by atoms with Gasteiger partial charge in [-0.05, 0) is 22.3 Å². The van der Waals surface area contributed by atoms with Crippen molar-refractivity contribution in [1.29, 1.82) is 0 Å². The number of rotatable bonds is 0. The highest BCUT2D eigenvalue weighted by molar-refractivity contribution is 6.15. The van der Waals surface area contributed by atoms with Gasteiger partial charge in [0.15, 0.2) is 0 Å². The van der Waals surface area contributed by atoms with Crippen LogP contribution in [0.4, 0.5) is 0 Å². The second-order valence-electron chi connectivity index (χ2n) is 3.50.